The van der Waals surface area contributed by atoms with Crippen LogP contribution < -0.4 is 11.1 Å². The number of nitrogen functional groups attached to an aromatic ring is 1. The van der Waals surface area contributed by atoms with E-state index in [4.69, 9.17) is 22.3 Å². The van der Waals surface area contributed by atoms with Crippen LogP contribution in [0.4, 0.5) is 5.82 Å². The highest BCUT2D eigenvalue weighted by atomic mass is 35.5. The van der Waals surface area contributed by atoms with Gasteiger partial charge in [0.2, 0.25) is 5.91 Å². The molecule has 0 unspecified atom stereocenters. The number of anilines is 1. The predicted octanol–water partition coefficient (Wildman–Crippen LogP) is 5.53. The molecular formula is C26H25ClN6OS. The largest absolute Gasteiger partial charge is 0.382 e. The third-order valence-electron chi connectivity index (χ3n) is 5.34. The molecular weight excluding hydrogens is 480 g/mol. The number of H-pyrrole nitrogens is 2. The molecule has 1 amide bonds. The van der Waals surface area contributed by atoms with E-state index in [-0.39, 0.29) is 5.91 Å². The molecule has 0 aliphatic heterocycles. The fraction of sp³-hybridized carbons (Fsp3) is 0.115. The molecule has 0 saturated carbocycles. The number of hydrogen-bond donors (Lipinski definition) is 5. The number of nitrogens with zero attached hydrogens (tertiary/aromatic N) is 2. The van der Waals surface area contributed by atoms with Gasteiger partial charge in [0.05, 0.1) is 11.6 Å². The Balaban J connectivity index is 1.62. The highest BCUT2D eigenvalue weighted by molar-refractivity contribution is 7.84. The Hall–Kier alpha value is -3.75. The third-order valence-corrected chi connectivity index (χ3v) is 5.91. The highest BCUT2D eigenvalue weighted by Crippen LogP contribution is 2.31. The Morgan fingerprint density at radius 3 is 2.80 bits per heavy atom. The molecule has 0 aliphatic rings. The first-order chi connectivity index (χ1) is 16.9. The van der Waals surface area contributed by atoms with E-state index in [0.29, 0.717) is 33.8 Å². The Morgan fingerprint density at radius 2 is 2.03 bits per heavy atom. The van der Waals surface area contributed by atoms with Crippen molar-refractivity contribution in [2.75, 3.05) is 5.73 Å². The SMILES string of the molecule is C\C=C/C=C(S)/C=C/C(=O)N[C@@H](Cc1ccccc1)c1nc(-c2ccc3c(N)n[nH]c3c2)c(Cl)[nH]1. The molecule has 1 atom stereocenters. The molecule has 0 bridgehead atoms. The molecule has 178 valence electrons. The number of rotatable bonds is 8. The zero-order chi connectivity index (χ0) is 24.8. The second-order valence-corrected chi connectivity index (χ2v) is 8.75. The first-order valence-electron chi connectivity index (χ1n) is 11.0. The molecule has 4 aromatic rings. The Kier molecular flexibility index (Phi) is 7.74. The second-order valence-electron chi connectivity index (χ2n) is 7.86. The van der Waals surface area contributed by atoms with Crippen molar-refractivity contribution in [1.29, 1.82) is 0 Å². The van der Waals surface area contributed by atoms with Gasteiger partial charge in [-0.3, -0.25) is 9.89 Å². The quantitative estimate of drug-likeness (QED) is 0.123. The molecule has 0 saturated heterocycles. The van der Waals surface area contributed by atoms with Crippen LogP contribution in [0.3, 0.4) is 0 Å². The van der Waals surface area contributed by atoms with Gasteiger partial charge in [0.15, 0.2) is 5.82 Å². The van der Waals surface area contributed by atoms with Crippen LogP contribution in [0.25, 0.3) is 22.2 Å². The zero-order valence-corrected chi connectivity index (χ0v) is 20.6. The number of hydrogen-bond acceptors (Lipinski definition) is 5. The number of fused-ring (bicyclic) bond motifs is 1. The standard InChI is InChI=1S/C26H25ClN6OS/c1-2-3-9-18(35)11-13-22(34)29-21(14-16-7-5-4-6-8-16)26-30-23(24(27)31-26)17-10-12-19-20(15-17)32-33-25(19)28/h2-13,15,21,35H,14H2,1H3,(H,29,34)(H,30,31)(H3,28,32,33)/b3-2-,13-11+,18-9-/t21-/m0/s1. The minimum Gasteiger partial charge on any atom is -0.382 e. The number of aromatic amines is 2. The average Bonchev–Trinajstić information content (AvgIpc) is 3.43. The van der Waals surface area contributed by atoms with Crippen LogP contribution >= 0.6 is 24.2 Å². The van der Waals surface area contributed by atoms with Crippen molar-refractivity contribution in [1.82, 2.24) is 25.5 Å². The van der Waals surface area contributed by atoms with E-state index in [2.05, 4.69) is 33.1 Å². The molecule has 7 nitrogen and oxygen atoms in total. The lowest BCUT2D eigenvalue weighted by Gasteiger charge is -2.16. The minimum atomic E-state index is -0.435. The summed E-state index contributed by atoms with van der Waals surface area (Å²) in [6.07, 6.45) is 9.16. The topological polar surface area (TPSA) is 112 Å². The molecule has 2 heterocycles. The number of carbonyl (C=O) groups excluding carboxylic acids is 1. The van der Waals surface area contributed by atoms with Crippen molar-refractivity contribution < 1.29 is 4.79 Å². The van der Waals surface area contributed by atoms with Crippen molar-refractivity contribution in [3.63, 3.8) is 0 Å². The Morgan fingerprint density at radius 1 is 1.23 bits per heavy atom. The van der Waals surface area contributed by atoms with Gasteiger partial charge in [-0.2, -0.15) is 5.10 Å². The first kappa shape index (κ1) is 24.4. The van der Waals surface area contributed by atoms with Gasteiger partial charge < -0.3 is 16.0 Å². The lowest BCUT2D eigenvalue weighted by Crippen LogP contribution is -2.29. The number of benzene rings is 2. The minimum absolute atomic E-state index is 0.269. The Labute approximate surface area is 213 Å². The smallest absolute Gasteiger partial charge is 0.244 e. The Bertz CT molecular complexity index is 1420. The fourth-order valence-corrected chi connectivity index (χ4v) is 4.02. The fourth-order valence-electron chi connectivity index (χ4n) is 3.61. The summed E-state index contributed by atoms with van der Waals surface area (Å²) in [5.74, 6) is 0.717. The van der Waals surface area contributed by atoms with Crippen LogP contribution in [0.2, 0.25) is 5.15 Å². The van der Waals surface area contributed by atoms with Gasteiger partial charge in [0.1, 0.15) is 16.7 Å². The van der Waals surface area contributed by atoms with E-state index >= 15 is 0 Å². The first-order valence-corrected chi connectivity index (χ1v) is 11.8. The number of allylic oxidation sites excluding steroid dienone is 4. The van der Waals surface area contributed by atoms with E-state index in [1.54, 1.807) is 12.2 Å². The number of aromatic nitrogens is 4. The maximum atomic E-state index is 12.7. The summed E-state index contributed by atoms with van der Waals surface area (Å²) >= 11 is 10.9. The average molecular weight is 505 g/mol. The van der Waals surface area contributed by atoms with E-state index in [0.717, 1.165) is 22.0 Å². The lowest BCUT2D eigenvalue weighted by molar-refractivity contribution is -0.117. The highest BCUT2D eigenvalue weighted by Gasteiger charge is 2.21. The van der Waals surface area contributed by atoms with E-state index in [1.165, 1.54) is 6.08 Å². The number of halogens is 1. The van der Waals surface area contributed by atoms with Gasteiger partial charge >= 0.3 is 0 Å². The maximum Gasteiger partial charge on any atom is 0.244 e. The van der Waals surface area contributed by atoms with Crippen molar-refractivity contribution in [2.24, 2.45) is 0 Å². The third kappa shape index (κ3) is 6.03. The number of amides is 1. The van der Waals surface area contributed by atoms with Crippen LogP contribution in [0, 0.1) is 0 Å². The van der Waals surface area contributed by atoms with Crippen LogP contribution in [-0.4, -0.2) is 26.1 Å². The van der Waals surface area contributed by atoms with Gasteiger partial charge in [-0.05, 0) is 43.2 Å². The van der Waals surface area contributed by atoms with E-state index < -0.39 is 6.04 Å². The molecule has 2 aromatic heterocycles. The van der Waals surface area contributed by atoms with Gasteiger partial charge in [-0.1, -0.05) is 60.2 Å². The van der Waals surface area contributed by atoms with Crippen LogP contribution in [0.15, 0.2) is 83.8 Å². The number of nitrogens with two attached hydrogens (primary N) is 1. The summed E-state index contributed by atoms with van der Waals surface area (Å²) in [4.78, 5) is 21.3. The lowest BCUT2D eigenvalue weighted by atomic mass is 10.1. The number of imidazole rings is 1. The van der Waals surface area contributed by atoms with Gasteiger partial charge in [0.25, 0.3) is 0 Å². The normalized spacial score (nSPS) is 13.2. The molecule has 0 fully saturated rings. The summed E-state index contributed by atoms with van der Waals surface area (Å²) < 4.78 is 0. The maximum absolute atomic E-state index is 12.7. The van der Waals surface area contributed by atoms with Crippen molar-refractivity contribution in [3.05, 3.63) is 100 Å². The number of nitrogens with one attached hydrogen (secondary N) is 3. The molecule has 35 heavy (non-hydrogen) atoms. The molecule has 9 heteroatoms. The molecule has 2 aromatic carbocycles. The van der Waals surface area contributed by atoms with Gasteiger partial charge in [-0.25, -0.2) is 4.98 Å². The molecule has 0 radical (unpaired) electrons. The van der Waals surface area contributed by atoms with E-state index in [1.807, 2.05) is 67.6 Å². The van der Waals surface area contributed by atoms with Crippen LogP contribution in [-0.2, 0) is 11.2 Å². The summed E-state index contributed by atoms with van der Waals surface area (Å²) in [6, 6.07) is 15.1. The summed E-state index contributed by atoms with van der Waals surface area (Å²) in [5.41, 5.74) is 9.09. The molecule has 0 aliphatic carbocycles. The monoisotopic (exact) mass is 504 g/mol. The number of carbonyl (C=O) groups is 1. The predicted molar refractivity (Wildman–Crippen MR) is 145 cm³/mol. The van der Waals surface area contributed by atoms with E-state index in [9.17, 15) is 4.79 Å². The van der Waals surface area contributed by atoms with Crippen molar-refractivity contribution in [3.8, 4) is 11.3 Å². The van der Waals surface area contributed by atoms with Gasteiger partial charge in [-0.15, -0.1) is 12.6 Å². The second kappa shape index (κ2) is 11.1. The van der Waals surface area contributed by atoms with Crippen molar-refractivity contribution in [2.45, 2.75) is 19.4 Å². The van der Waals surface area contributed by atoms with Crippen LogP contribution in [0.5, 0.6) is 0 Å². The zero-order valence-electron chi connectivity index (χ0n) is 19.0. The summed E-state index contributed by atoms with van der Waals surface area (Å²) in [6.45, 7) is 1.91. The summed E-state index contributed by atoms with van der Waals surface area (Å²) in [7, 11) is 0. The molecule has 0 spiro atoms. The van der Waals surface area contributed by atoms with Crippen LogP contribution in [0.1, 0.15) is 24.4 Å². The molecule has 5 N–H and O–H groups in total. The van der Waals surface area contributed by atoms with Crippen molar-refractivity contribution >= 4 is 46.9 Å². The molecule has 4 rings (SSSR count). The summed E-state index contributed by atoms with van der Waals surface area (Å²) in [5, 5.41) is 11.2. The number of thiol groups is 1. The van der Waals surface area contributed by atoms with Gasteiger partial charge in [0, 0.05) is 21.9 Å².